The number of nitrogens with one attached hydrogen (secondary N) is 1. The molecular formula is C20H28N2O4. The third-order valence-corrected chi connectivity index (χ3v) is 4.94. The molecule has 142 valence electrons. The Bertz CT molecular complexity index is 628. The number of benzene rings is 1. The van der Waals surface area contributed by atoms with Crippen LogP contribution >= 0.6 is 0 Å². The van der Waals surface area contributed by atoms with E-state index in [9.17, 15) is 14.4 Å². The molecule has 1 saturated heterocycles. The van der Waals surface area contributed by atoms with Gasteiger partial charge < -0.3 is 15.0 Å². The van der Waals surface area contributed by atoms with Gasteiger partial charge in [0.05, 0.1) is 12.0 Å². The number of amides is 2. The highest BCUT2D eigenvalue weighted by atomic mass is 16.5. The van der Waals surface area contributed by atoms with E-state index in [1.165, 1.54) is 0 Å². The molecule has 1 fully saturated rings. The molecule has 0 unspecified atom stereocenters. The fourth-order valence-corrected chi connectivity index (χ4v) is 3.19. The normalized spacial score (nSPS) is 18.1. The lowest BCUT2D eigenvalue weighted by atomic mass is 10.1. The maximum absolute atomic E-state index is 12.3. The molecule has 1 N–H and O–H groups in total. The number of hydrogen-bond donors (Lipinski definition) is 1. The molecule has 26 heavy (non-hydrogen) atoms. The monoisotopic (exact) mass is 360 g/mol. The van der Waals surface area contributed by atoms with E-state index < -0.39 is 11.9 Å². The molecular weight excluding hydrogens is 332 g/mol. The molecule has 0 aromatic heterocycles. The Morgan fingerprint density at radius 2 is 1.88 bits per heavy atom. The van der Waals surface area contributed by atoms with Crippen molar-refractivity contribution in [3.8, 4) is 0 Å². The Morgan fingerprint density at radius 3 is 2.50 bits per heavy atom. The van der Waals surface area contributed by atoms with Gasteiger partial charge in [0.2, 0.25) is 5.91 Å². The Balaban J connectivity index is 1.85. The van der Waals surface area contributed by atoms with E-state index in [-0.39, 0.29) is 36.9 Å². The van der Waals surface area contributed by atoms with Crippen molar-refractivity contribution >= 4 is 17.8 Å². The Hall–Kier alpha value is -2.37. The second-order valence-corrected chi connectivity index (χ2v) is 6.72. The van der Waals surface area contributed by atoms with Gasteiger partial charge >= 0.3 is 5.97 Å². The van der Waals surface area contributed by atoms with Crippen LogP contribution in [0.25, 0.3) is 0 Å². The van der Waals surface area contributed by atoms with Gasteiger partial charge in [-0.25, -0.2) is 0 Å². The van der Waals surface area contributed by atoms with Gasteiger partial charge in [0, 0.05) is 19.0 Å². The number of carbonyl (C=O) groups excluding carboxylic acids is 3. The van der Waals surface area contributed by atoms with Gasteiger partial charge in [-0.15, -0.1) is 0 Å². The maximum Gasteiger partial charge on any atom is 0.311 e. The molecule has 1 aliphatic heterocycles. The minimum Gasteiger partial charge on any atom is -0.455 e. The number of ether oxygens (including phenoxy) is 1. The minimum absolute atomic E-state index is 0.0650. The molecule has 0 aliphatic carbocycles. The van der Waals surface area contributed by atoms with E-state index >= 15 is 0 Å². The van der Waals surface area contributed by atoms with Crippen LogP contribution in [0.4, 0.5) is 0 Å². The molecule has 0 saturated carbocycles. The SMILES string of the molecule is CCC(CC)NC(=O)COC(=O)[C@H]1CC(=O)N([C@H](C)c2ccccc2)C1. The van der Waals surface area contributed by atoms with E-state index in [0.29, 0.717) is 6.54 Å². The van der Waals surface area contributed by atoms with Crippen LogP contribution in [0.2, 0.25) is 0 Å². The van der Waals surface area contributed by atoms with Crippen molar-refractivity contribution in [2.45, 2.75) is 52.1 Å². The molecule has 6 nitrogen and oxygen atoms in total. The summed E-state index contributed by atoms with van der Waals surface area (Å²) in [4.78, 5) is 38.1. The van der Waals surface area contributed by atoms with Gasteiger partial charge in [0.15, 0.2) is 6.61 Å². The van der Waals surface area contributed by atoms with Crippen LogP contribution in [0.3, 0.4) is 0 Å². The van der Waals surface area contributed by atoms with E-state index in [4.69, 9.17) is 4.74 Å². The average Bonchev–Trinajstić information content (AvgIpc) is 3.06. The summed E-state index contributed by atoms with van der Waals surface area (Å²) in [5.41, 5.74) is 1.03. The van der Waals surface area contributed by atoms with Crippen molar-refractivity contribution in [3.63, 3.8) is 0 Å². The van der Waals surface area contributed by atoms with Gasteiger partial charge in [-0.1, -0.05) is 44.2 Å². The Labute approximate surface area is 154 Å². The van der Waals surface area contributed by atoms with Crippen LogP contribution in [0.5, 0.6) is 0 Å². The summed E-state index contributed by atoms with van der Waals surface area (Å²) < 4.78 is 5.13. The molecule has 1 heterocycles. The first kappa shape index (κ1) is 19.9. The van der Waals surface area contributed by atoms with Crippen LogP contribution in [0.1, 0.15) is 51.6 Å². The first-order valence-corrected chi connectivity index (χ1v) is 9.26. The number of rotatable bonds is 8. The van der Waals surface area contributed by atoms with Crippen molar-refractivity contribution in [1.82, 2.24) is 10.2 Å². The average molecular weight is 360 g/mol. The second kappa shape index (κ2) is 9.36. The molecule has 6 heteroatoms. The Morgan fingerprint density at radius 1 is 1.23 bits per heavy atom. The predicted octanol–water partition coefficient (Wildman–Crippen LogP) is 2.44. The van der Waals surface area contributed by atoms with Crippen LogP contribution in [-0.4, -0.2) is 41.9 Å². The first-order valence-electron chi connectivity index (χ1n) is 9.26. The van der Waals surface area contributed by atoms with Crippen LogP contribution in [0.15, 0.2) is 30.3 Å². The summed E-state index contributed by atoms with van der Waals surface area (Å²) in [6, 6.07) is 9.70. The number of nitrogens with zero attached hydrogens (tertiary/aromatic N) is 1. The highest BCUT2D eigenvalue weighted by Crippen LogP contribution is 2.28. The summed E-state index contributed by atoms with van der Waals surface area (Å²) in [7, 11) is 0. The predicted molar refractivity (Wildman–Crippen MR) is 98.1 cm³/mol. The zero-order valence-corrected chi connectivity index (χ0v) is 15.7. The van der Waals surface area contributed by atoms with Gasteiger partial charge in [0.1, 0.15) is 0 Å². The highest BCUT2D eigenvalue weighted by molar-refractivity contribution is 5.88. The third kappa shape index (κ3) is 5.07. The van der Waals surface area contributed by atoms with Crippen molar-refractivity contribution in [1.29, 1.82) is 0 Å². The van der Waals surface area contributed by atoms with Crippen molar-refractivity contribution < 1.29 is 19.1 Å². The lowest BCUT2D eigenvalue weighted by molar-refractivity contribution is -0.152. The van der Waals surface area contributed by atoms with E-state index in [2.05, 4.69) is 5.32 Å². The van der Waals surface area contributed by atoms with Gasteiger partial charge in [-0.3, -0.25) is 14.4 Å². The summed E-state index contributed by atoms with van der Waals surface area (Å²) >= 11 is 0. The van der Waals surface area contributed by atoms with Crippen LogP contribution in [-0.2, 0) is 19.1 Å². The topological polar surface area (TPSA) is 75.7 Å². The summed E-state index contributed by atoms with van der Waals surface area (Å²) in [5.74, 6) is -1.37. The largest absolute Gasteiger partial charge is 0.455 e. The molecule has 1 aromatic rings. The first-order chi connectivity index (χ1) is 12.5. The quantitative estimate of drug-likeness (QED) is 0.723. The summed E-state index contributed by atoms with van der Waals surface area (Å²) in [5, 5.41) is 2.83. The molecule has 0 bridgehead atoms. The molecule has 1 aliphatic rings. The fourth-order valence-electron chi connectivity index (χ4n) is 3.19. The zero-order chi connectivity index (χ0) is 19.1. The van der Waals surface area contributed by atoms with Gasteiger partial charge in [-0.05, 0) is 25.3 Å². The summed E-state index contributed by atoms with van der Waals surface area (Å²) in [6.07, 6.45) is 1.80. The smallest absolute Gasteiger partial charge is 0.311 e. The van der Waals surface area contributed by atoms with Gasteiger partial charge in [-0.2, -0.15) is 0 Å². The van der Waals surface area contributed by atoms with Crippen molar-refractivity contribution in [2.24, 2.45) is 5.92 Å². The lowest BCUT2D eigenvalue weighted by Crippen LogP contribution is -2.37. The molecule has 1 aromatic carbocycles. The van der Waals surface area contributed by atoms with Gasteiger partial charge in [0.25, 0.3) is 5.91 Å². The molecule has 2 rings (SSSR count). The van der Waals surface area contributed by atoms with E-state index in [1.807, 2.05) is 51.1 Å². The maximum atomic E-state index is 12.3. The zero-order valence-electron chi connectivity index (χ0n) is 15.7. The van der Waals surface area contributed by atoms with E-state index in [1.54, 1.807) is 4.90 Å². The summed E-state index contributed by atoms with van der Waals surface area (Å²) in [6.45, 7) is 5.96. The molecule has 2 amide bonds. The minimum atomic E-state index is -0.519. The van der Waals surface area contributed by atoms with Crippen LogP contribution < -0.4 is 5.32 Å². The lowest BCUT2D eigenvalue weighted by Gasteiger charge is -2.25. The fraction of sp³-hybridized carbons (Fsp3) is 0.550. The molecule has 2 atom stereocenters. The van der Waals surface area contributed by atoms with Crippen molar-refractivity contribution in [3.05, 3.63) is 35.9 Å². The van der Waals surface area contributed by atoms with E-state index in [0.717, 1.165) is 18.4 Å². The number of esters is 1. The number of hydrogen-bond acceptors (Lipinski definition) is 4. The third-order valence-electron chi connectivity index (χ3n) is 4.94. The Kier molecular flexibility index (Phi) is 7.18. The highest BCUT2D eigenvalue weighted by Gasteiger charge is 2.38. The standard InChI is InChI=1S/C20H28N2O4/c1-4-17(5-2)21-18(23)13-26-20(25)16-11-19(24)22(12-16)14(3)15-9-7-6-8-10-15/h6-10,14,16-17H,4-5,11-13H2,1-3H3,(H,21,23)/t14-,16+/m1/s1. The molecule has 0 radical (unpaired) electrons. The number of likely N-dealkylation sites (tertiary alicyclic amines) is 1. The van der Waals surface area contributed by atoms with Crippen molar-refractivity contribution in [2.75, 3.05) is 13.2 Å². The number of carbonyl (C=O) groups is 3. The molecule has 0 spiro atoms. The van der Waals surface area contributed by atoms with Crippen LogP contribution in [0, 0.1) is 5.92 Å². The second-order valence-electron chi connectivity index (χ2n) is 6.72.